The number of rotatable bonds is 6. The Morgan fingerprint density at radius 1 is 1.12 bits per heavy atom. The van der Waals surface area contributed by atoms with Crippen molar-refractivity contribution in [1.29, 1.82) is 0 Å². The number of likely N-dealkylation sites (tertiary alicyclic amines) is 1. The largest absolute Gasteiger partial charge is 0.334 e. The van der Waals surface area contributed by atoms with Gasteiger partial charge in [-0.3, -0.25) is 14.3 Å². The lowest BCUT2D eigenvalue weighted by molar-refractivity contribution is -0.114. The van der Waals surface area contributed by atoms with Crippen molar-refractivity contribution in [2.24, 2.45) is 0 Å². The van der Waals surface area contributed by atoms with Gasteiger partial charge in [0.05, 0.1) is 4.88 Å². The number of thiophene rings is 1. The molecule has 2 amide bonds. The van der Waals surface area contributed by atoms with E-state index in [1.165, 1.54) is 24.3 Å². The van der Waals surface area contributed by atoms with Crippen LogP contribution in [-0.2, 0) is 14.8 Å². The van der Waals surface area contributed by atoms with Crippen molar-refractivity contribution in [3.05, 3.63) is 41.1 Å². The highest BCUT2D eigenvalue weighted by molar-refractivity contribution is 7.93. The van der Waals surface area contributed by atoms with Crippen LogP contribution in [0.15, 0.2) is 39.8 Å². The molecule has 0 unspecified atom stereocenters. The van der Waals surface area contributed by atoms with Gasteiger partial charge in [-0.25, -0.2) is 8.42 Å². The third kappa shape index (κ3) is 4.65. The first-order chi connectivity index (χ1) is 15.2. The summed E-state index contributed by atoms with van der Waals surface area (Å²) in [4.78, 5) is 30.5. The molecule has 12 heteroatoms. The summed E-state index contributed by atoms with van der Waals surface area (Å²) in [7, 11) is -3.88. The van der Waals surface area contributed by atoms with Crippen LogP contribution in [0.1, 0.15) is 35.3 Å². The van der Waals surface area contributed by atoms with Crippen LogP contribution in [-0.4, -0.2) is 48.4 Å². The summed E-state index contributed by atoms with van der Waals surface area (Å²) in [5, 5.41) is 6.48. The molecule has 3 aromatic rings. The fourth-order valence-electron chi connectivity index (χ4n) is 3.34. The van der Waals surface area contributed by atoms with Gasteiger partial charge in [-0.05, 0) is 50.1 Å². The normalized spacial score (nSPS) is 13.9. The highest BCUT2D eigenvalue weighted by Gasteiger charge is 2.27. The smallest absolute Gasteiger partial charge is 0.316 e. The minimum atomic E-state index is -3.88. The van der Waals surface area contributed by atoms with E-state index in [0.717, 1.165) is 12.8 Å². The van der Waals surface area contributed by atoms with Crippen LogP contribution >= 0.6 is 11.3 Å². The molecule has 2 aromatic heterocycles. The first kappa shape index (κ1) is 22.0. The number of nitrogens with one attached hydrogen (secondary N) is 2. The van der Waals surface area contributed by atoms with Gasteiger partial charge in [-0.2, -0.15) is 4.98 Å². The Hall–Kier alpha value is -3.25. The number of aromatic nitrogens is 2. The molecule has 0 aliphatic carbocycles. The number of carbonyl (C=O) groups is 2. The van der Waals surface area contributed by atoms with Gasteiger partial charge >= 0.3 is 11.8 Å². The molecule has 1 aliphatic rings. The minimum absolute atomic E-state index is 0.0839. The molecule has 0 bridgehead atoms. The average Bonchev–Trinajstić information content (AvgIpc) is 3.49. The molecule has 0 spiro atoms. The number of hydrogen-bond donors (Lipinski definition) is 2. The number of amides is 2. The summed E-state index contributed by atoms with van der Waals surface area (Å²) in [5.41, 5.74) is 0.912. The van der Waals surface area contributed by atoms with Crippen LogP contribution < -0.4 is 10.0 Å². The molecule has 32 heavy (non-hydrogen) atoms. The summed E-state index contributed by atoms with van der Waals surface area (Å²) >= 11 is 1.19. The van der Waals surface area contributed by atoms with Crippen LogP contribution in [0, 0.1) is 6.92 Å². The van der Waals surface area contributed by atoms with Crippen LogP contribution in [0.3, 0.4) is 0 Å². The molecule has 1 saturated heterocycles. The van der Waals surface area contributed by atoms with Gasteiger partial charge < -0.3 is 14.7 Å². The Morgan fingerprint density at radius 3 is 2.44 bits per heavy atom. The van der Waals surface area contributed by atoms with E-state index in [4.69, 9.17) is 4.52 Å². The summed E-state index contributed by atoms with van der Waals surface area (Å²) in [5.74, 6) is -0.463. The third-order valence-electron chi connectivity index (χ3n) is 4.84. The standard InChI is InChI=1S/C20H21N5O5S2/c1-12-17(32(28,29)24-15-7-5-14(6-8-15)21-13(2)26)11-16(31-12)18-22-19(30-23-18)20(27)25-9-3-4-10-25/h5-8,11,24H,3-4,9-10H2,1-2H3,(H,21,26). The van der Waals surface area contributed by atoms with Crippen molar-refractivity contribution in [2.75, 3.05) is 23.1 Å². The second-order valence-electron chi connectivity index (χ2n) is 7.32. The van der Waals surface area contributed by atoms with Crippen LogP contribution in [0.5, 0.6) is 0 Å². The number of carbonyl (C=O) groups excluding carboxylic acids is 2. The van der Waals surface area contributed by atoms with Crippen molar-refractivity contribution < 1.29 is 22.5 Å². The quantitative estimate of drug-likeness (QED) is 0.559. The van der Waals surface area contributed by atoms with Crippen molar-refractivity contribution in [1.82, 2.24) is 15.0 Å². The highest BCUT2D eigenvalue weighted by Crippen LogP contribution is 2.33. The zero-order chi connectivity index (χ0) is 22.9. The molecule has 0 atom stereocenters. The lowest BCUT2D eigenvalue weighted by Gasteiger charge is -2.10. The molecule has 4 rings (SSSR count). The van der Waals surface area contributed by atoms with E-state index in [-0.39, 0.29) is 28.4 Å². The molecule has 10 nitrogen and oxygen atoms in total. The lowest BCUT2D eigenvalue weighted by atomic mass is 10.3. The first-order valence-corrected chi connectivity index (χ1v) is 12.2. The van der Waals surface area contributed by atoms with Crippen molar-refractivity contribution in [3.8, 4) is 10.7 Å². The fourth-order valence-corrected chi connectivity index (χ4v) is 5.92. The van der Waals surface area contributed by atoms with Crippen LogP contribution in [0.25, 0.3) is 10.7 Å². The number of benzene rings is 1. The number of anilines is 2. The molecule has 168 valence electrons. The number of nitrogens with zero attached hydrogens (tertiary/aromatic N) is 3. The fraction of sp³-hybridized carbons (Fsp3) is 0.300. The molecule has 0 radical (unpaired) electrons. The maximum atomic E-state index is 12.9. The zero-order valence-corrected chi connectivity index (χ0v) is 19.0. The predicted octanol–water partition coefficient (Wildman–Crippen LogP) is 3.10. The minimum Gasteiger partial charge on any atom is -0.334 e. The molecular weight excluding hydrogens is 454 g/mol. The van der Waals surface area contributed by atoms with Gasteiger partial charge in [-0.1, -0.05) is 5.16 Å². The van der Waals surface area contributed by atoms with E-state index in [2.05, 4.69) is 20.2 Å². The van der Waals surface area contributed by atoms with Gasteiger partial charge in [-0.15, -0.1) is 11.3 Å². The Kier molecular flexibility index (Phi) is 5.98. The van der Waals surface area contributed by atoms with Gasteiger partial charge in [0.15, 0.2) is 0 Å². The molecular formula is C20H21N5O5S2. The van der Waals surface area contributed by atoms with E-state index >= 15 is 0 Å². The van der Waals surface area contributed by atoms with Gasteiger partial charge in [0, 0.05) is 36.3 Å². The van der Waals surface area contributed by atoms with Crippen molar-refractivity contribution in [2.45, 2.75) is 31.6 Å². The number of sulfonamides is 1. The maximum Gasteiger partial charge on any atom is 0.316 e. The zero-order valence-electron chi connectivity index (χ0n) is 17.4. The molecule has 2 N–H and O–H groups in total. The highest BCUT2D eigenvalue weighted by atomic mass is 32.2. The molecule has 1 fully saturated rings. The van der Waals surface area contributed by atoms with E-state index in [1.807, 2.05) is 0 Å². The SMILES string of the molecule is CC(=O)Nc1ccc(NS(=O)(=O)c2cc(-c3noc(C(=O)N4CCCC4)n3)sc2C)cc1. The second kappa shape index (κ2) is 8.71. The number of aryl methyl sites for hydroxylation is 1. The van der Waals surface area contributed by atoms with E-state index in [1.54, 1.807) is 36.1 Å². The van der Waals surface area contributed by atoms with Gasteiger partial charge in [0.1, 0.15) is 4.90 Å². The van der Waals surface area contributed by atoms with Crippen molar-refractivity contribution in [3.63, 3.8) is 0 Å². The summed E-state index contributed by atoms with van der Waals surface area (Å²) in [6, 6.07) is 7.78. The lowest BCUT2D eigenvalue weighted by Crippen LogP contribution is -2.27. The summed E-state index contributed by atoms with van der Waals surface area (Å²) < 4.78 is 33.5. The van der Waals surface area contributed by atoms with Gasteiger partial charge in [0.25, 0.3) is 10.0 Å². The Morgan fingerprint density at radius 2 is 1.78 bits per heavy atom. The predicted molar refractivity (Wildman–Crippen MR) is 119 cm³/mol. The van der Waals surface area contributed by atoms with E-state index in [0.29, 0.717) is 34.2 Å². The first-order valence-electron chi connectivity index (χ1n) is 9.87. The van der Waals surface area contributed by atoms with Crippen molar-refractivity contribution >= 4 is 44.5 Å². The summed E-state index contributed by atoms with van der Waals surface area (Å²) in [6.45, 7) is 4.39. The Bertz CT molecular complexity index is 1260. The number of hydrogen-bond acceptors (Lipinski definition) is 8. The second-order valence-corrected chi connectivity index (χ2v) is 10.2. The molecule has 0 saturated carbocycles. The maximum absolute atomic E-state index is 12.9. The van der Waals surface area contributed by atoms with Crippen LogP contribution in [0.2, 0.25) is 0 Å². The van der Waals surface area contributed by atoms with E-state index < -0.39 is 10.0 Å². The third-order valence-corrected chi connectivity index (χ3v) is 7.53. The molecule has 1 aromatic carbocycles. The molecule has 3 heterocycles. The van der Waals surface area contributed by atoms with Crippen LogP contribution in [0.4, 0.5) is 11.4 Å². The Labute approximate surface area is 188 Å². The average molecular weight is 476 g/mol. The van der Waals surface area contributed by atoms with Gasteiger partial charge in [0.2, 0.25) is 11.7 Å². The summed E-state index contributed by atoms with van der Waals surface area (Å²) in [6.07, 6.45) is 1.89. The Balaban J connectivity index is 1.52. The molecule has 1 aliphatic heterocycles. The topological polar surface area (TPSA) is 134 Å². The monoisotopic (exact) mass is 475 g/mol. The van der Waals surface area contributed by atoms with E-state index in [9.17, 15) is 18.0 Å².